The van der Waals surface area contributed by atoms with Gasteiger partial charge in [-0.25, -0.2) is 0 Å². The van der Waals surface area contributed by atoms with Crippen LogP contribution < -0.4 is 71.6 Å². The third-order valence-corrected chi connectivity index (χ3v) is 22.5. The molecule has 0 atom stereocenters. The van der Waals surface area contributed by atoms with Crippen molar-refractivity contribution in [3.8, 4) is 80.5 Å². The summed E-state index contributed by atoms with van der Waals surface area (Å²) < 4.78 is 97.9. The first kappa shape index (κ1) is 106. The predicted molar refractivity (Wildman–Crippen MR) is 530 cm³/mol. The largest absolute Gasteiger partial charge is 0.493 e. The van der Waals surface area contributed by atoms with Gasteiger partial charge in [0.05, 0.1) is 66.1 Å². The number of carbonyl (C=O) groups is 1. The molecule has 0 aliphatic rings. The van der Waals surface area contributed by atoms with Crippen LogP contribution in [-0.2, 0) is 31.2 Å². The zero-order valence-electron chi connectivity index (χ0n) is 81.1. The Bertz CT molecular complexity index is 3930. The Kier molecular flexibility index (Phi) is 55.3. The molecular formula is C112H165NO15. The van der Waals surface area contributed by atoms with E-state index in [1.165, 1.54) is 5.56 Å². The van der Waals surface area contributed by atoms with E-state index < -0.39 is 0 Å². The average Bonchev–Trinajstić information content (AvgIpc) is 0.587. The summed E-state index contributed by atoms with van der Waals surface area (Å²) in [6.07, 6.45) is 49.0. The van der Waals surface area contributed by atoms with Gasteiger partial charge in [-0.2, -0.15) is 0 Å². The summed E-state index contributed by atoms with van der Waals surface area (Å²) in [4.78, 5) is 12.9. The van der Waals surface area contributed by atoms with Crippen molar-refractivity contribution in [1.82, 2.24) is 0 Å². The number of nitrogens with one attached hydrogen (secondary N) is 1. The van der Waals surface area contributed by atoms with Gasteiger partial charge in [0.2, 0.25) is 28.9 Å². The van der Waals surface area contributed by atoms with E-state index in [1.807, 2.05) is 55.5 Å². The van der Waals surface area contributed by atoms with Crippen LogP contribution in [0, 0.1) is 6.92 Å². The third-order valence-electron chi connectivity index (χ3n) is 22.5. The number of rotatable bonds is 77. The van der Waals surface area contributed by atoms with Crippen molar-refractivity contribution in [3.63, 3.8) is 0 Å². The number of unbranched alkanes of at least 4 members (excludes halogenated alkanes) is 29. The maximum absolute atomic E-state index is 12.9. The van der Waals surface area contributed by atoms with Crippen molar-refractivity contribution < 1.29 is 71.1 Å². The predicted octanol–water partition coefficient (Wildman–Crippen LogP) is 31.7. The molecule has 0 spiro atoms. The number of para-hydroxylation sites is 1. The Morgan fingerprint density at radius 2 is 0.516 bits per heavy atom. The van der Waals surface area contributed by atoms with Crippen LogP contribution in [0.5, 0.6) is 80.5 Å². The maximum atomic E-state index is 12.9. The number of hydrogen-bond acceptors (Lipinski definition) is 15. The molecule has 0 aliphatic carbocycles. The summed E-state index contributed by atoms with van der Waals surface area (Å²) in [7, 11) is 0. The second kappa shape index (κ2) is 67.0. The molecule has 7 aromatic carbocycles. The molecular weight excluding hydrogens is 1600 g/mol. The van der Waals surface area contributed by atoms with E-state index in [4.69, 9.17) is 66.3 Å². The highest BCUT2D eigenvalue weighted by molar-refractivity contribution is 5.90. The Labute approximate surface area is 773 Å². The van der Waals surface area contributed by atoms with E-state index in [0.29, 0.717) is 147 Å². The first-order valence-corrected chi connectivity index (χ1v) is 50.4. The van der Waals surface area contributed by atoms with E-state index in [-0.39, 0.29) is 32.3 Å². The minimum atomic E-state index is 0.00270. The molecule has 16 nitrogen and oxygen atoms in total. The van der Waals surface area contributed by atoms with E-state index >= 15 is 0 Å². The molecule has 0 aliphatic heterocycles. The molecule has 0 aromatic heterocycles. The summed E-state index contributed by atoms with van der Waals surface area (Å²) >= 11 is 0. The summed E-state index contributed by atoms with van der Waals surface area (Å²) in [5.74, 6) is 8.24. The number of amides is 1. The van der Waals surface area contributed by atoms with Crippen LogP contribution in [-0.4, -0.2) is 72.0 Å². The first-order valence-electron chi connectivity index (χ1n) is 50.4. The quantitative estimate of drug-likeness (QED) is 0.0283. The molecule has 0 fully saturated rings. The number of allylic oxidation sites excluding steroid dienone is 1. The Balaban J connectivity index is 1.45. The van der Waals surface area contributed by atoms with Crippen molar-refractivity contribution in [2.45, 2.75) is 359 Å². The average molecular weight is 1770 g/mol. The summed E-state index contributed by atoms with van der Waals surface area (Å²) in [5, 5.41) is 3.03. The molecule has 708 valence electrons. The van der Waals surface area contributed by atoms with Crippen LogP contribution in [0.2, 0.25) is 0 Å². The van der Waals surface area contributed by atoms with Gasteiger partial charge in [0.25, 0.3) is 0 Å². The van der Waals surface area contributed by atoms with Crippen molar-refractivity contribution in [2.75, 3.05) is 71.4 Å². The Hall–Kier alpha value is -9.31. The van der Waals surface area contributed by atoms with Gasteiger partial charge in [-0.3, -0.25) is 4.79 Å². The molecule has 0 saturated heterocycles. The van der Waals surface area contributed by atoms with Crippen molar-refractivity contribution in [1.29, 1.82) is 0 Å². The van der Waals surface area contributed by atoms with Crippen LogP contribution in [0.25, 0.3) is 18.2 Å². The standard InChI is InChI=1S/C112H165NO15/c1-12-22-31-45-66-116-100-75-91(76-101(117-67-46-32-23-13-2)109(100)122-72-51-37-28-18-7)86-126-106-81-93(85-125-99-83-95(55-21-10)98(84-96(99)64-63-90-61-59-89(11)60-62-90)115-65-54-41-44-58-108(114)113-97-56-42-40-43-57-97)82-107(127-87-92-77-102(118-68-47-33-24-14-3)110(123-73-52-38-29-19-8)103(78-92)119-69-48-34-25-15-4)112(106)128-88-94-79-104(120-70-49-35-26-16-5)111(124-74-53-39-30-20-9)105(80-94)121-71-50-36-27-17-6/h21,40,42-43,55-57,59-64,75-84H,12-20,22-39,41,44-54,58,65-74,85-88H2,1-11H3,(H,113,114)/b55-21+,64-63+. The molecule has 0 bridgehead atoms. The maximum Gasteiger partial charge on any atom is 0.224 e. The molecule has 1 N–H and O–H groups in total. The van der Waals surface area contributed by atoms with E-state index in [9.17, 15) is 4.79 Å². The van der Waals surface area contributed by atoms with Crippen LogP contribution in [0.4, 0.5) is 5.69 Å². The molecule has 0 saturated carbocycles. The molecule has 1 amide bonds. The number of aryl methyl sites for hydroxylation is 1. The van der Waals surface area contributed by atoms with Crippen LogP contribution >= 0.6 is 0 Å². The Morgan fingerprint density at radius 3 is 0.828 bits per heavy atom. The van der Waals surface area contributed by atoms with Crippen LogP contribution in [0.3, 0.4) is 0 Å². The number of benzene rings is 7. The van der Waals surface area contributed by atoms with Crippen molar-refractivity contribution >= 4 is 29.8 Å². The van der Waals surface area contributed by atoms with Crippen molar-refractivity contribution in [2.24, 2.45) is 0 Å². The zero-order valence-corrected chi connectivity index (χ0v) is 81.1. The fraction of sp³-hybridized carbons (Fsp3) is 0.580. The van der Waals surface area contributed by atoms with E-state index in [0.717, 1.165) is 301 Å². The summed E-state index contributed by atoms with van der Waals surface area (Å²) in [6.45, 7) is 29.8. The molecule has 0 unspecified atom stereocenters. The lowest BCUT2D eigenvalue weighted by Crippen LogP contribution is -2.11. The SMILES string of the molecule is C/C=C/c1cc(OCc2cc(OCc3cc(OCCCCCC)c(OCCCCCC)c(OCCCCCC)c3)c(OCc3cc(OCCCCCC)c(OCCCCCC)c(OCCCCCC)c3)c(OCc3cc(OCCCCCC)c(OCCCCCC)c(OCCCCCC)c3)c2)c(/C=C/c2ccc(C)cc2)cc1OCCCCCC(=O)Nc1ccccc1. The molecule has 7 rings (SSSR count). The van der Waals surface area contributed by atoms with Gasteiger partial charge in [0.15, 0.2) is 46.0 Å². The van der Waals surface area contributed by atoms with Crippen LogP contribution in [0.1, 0.15) is 371 Å². The van der Waals surface area contributed by atoms with Gasteiger partial charge in [-0.1, -0.05) is 308 Å². The Morgan fingerprint density at radius 1 is 0.258 bits per heavy atom. The van der Waals surface area contributed by atoms with Crippen LogP contribution in [0.15, 0.2) is 121 Å². The van der Waals surface area contributed by atoms with Gasteiger partial charge in [0, 0.05) is 23.2 Å². The van der Waals surface area contributed by atoms with Gasteiger partial charge < -0.3 is 71.6 Å². The van der Waals surface area contributed by atoms with E-state index in [1.54, 1.807) is 0 Å². The lowest BCUT2D eigenvalue weighted by atomic mass is 10.1. The second-order valence-corrected chi connectivity index (χ2v) is 34.3. The minimum Gasteiger partial charge on any atom is -0.493 e. The molecule has 0 radical (unpaired) electrons. The summed E-state index contributed by atoms with van der Waals surface area (Å²) in [6, 6.07) is 38.7. The highest BCUT2D eigenvalue weighted by Crippen LogP contribution is 2.47. The minimum absolute atomic E-state index is 0.00270. The number of anilines is 1. The summed E-state index contributed by atoms with van der Waals surface area (Å²) in [5.41, 5.74) is 7.91. The van der Waals surface area contributed by atoms with Gasteiger partial charge in [0.1, 0.15) is 37.9 Å². The smallest absolute Gasteiger partial charge is 0.224 e. The van der Waals surface area contributed by atoms with Crippen molar-refractivity contribution in [3.05, 3.63) is 166 Å². The molecule has 16 heteroatoms. The van der Waals surface area contributed by atoms with E-state index in [2.05, 4.69) is 166 Å². The van der Waals surface area contributed by atoms with Gasteiger partial charge in [-0.05, 0) is 192 Å². The third kappa shape index (κ3) is 42.1. The zero-order chi connectivity index (χ0) is 90.9. The fourth-order valence-corrected chi connectivity index (χ4v) is 14.9. The van der Waals surface area contributed by atoms with Gasteiger partial charge in [-0.15, -0.1) is 0 Å². The monoisotopic (exact) mass is 1760 g/mol. The topological polar surface area (TPSA) is 158 Å². The number of carbonyl (C=O) groups excluding carboxylic acids is 1. The van der Waals surface area contributed by atoms with Gasteiger partial charge >= 0.3 is 0 Å². The fourth-order valence-electron chi connectivity index (χ4n) is 14.9. The normalized spacial score (nSPS) is 11.3. The number of hydrogen-bond donors (Lipinski definition) is 1. The lowest BCUT2D eigenvalue weighted by molar-refractivity contribution is -0.116. The highest BCUT2D eigenvalue weighted by Gasteiger charge is 2.25. The highest BCUT2D eigenvalue weighted by atomic mass is 16.6. The number of ether oxygens (including phenoxy) is 14. The molecule has 0 heterocycles. The molecule has 7 aromatic rings. The molecule has 128 heavy (non-hydrogen) atoms. The lowest BCUT2D eigenvalue weighted by Gasteiger charge is -2.22. The second-order valence-electron chi connectivity index (χ2n) is 34.3. The first-order chi connectivity index (χ1) is 63.0.